The molecule has 1 aliphatic rings. The molecule has 1 unspecified atom stereocenters. The molecule has 4 rings (SSSR count). The molecule has 0 bridgehead atoms. The third-order valence-electron chi connectivity index (χ3n) is 5.61. The predicted octanol–water partition coefficient (Wildman–Crippen LogP) is 3.55. The van der Waals surface area contributed by atoms with Crippen LogP contribution in [0.2, 0.25) is 5.02 Å². The first kappa shape index (κ1) is 22.5. The number of aliphatic hydroxyl groups is 1. The molecule has 1 aliphatic heterocycles. The van der Waals surface area contributed by atoms with Crippen LogP contribution < -0.4 is 15.0 Å². The van der Waals surface area contributed by atoms with Crippen LogP contribution in [0.3, 0.4) is 0 Å². The summed E-state index contributed by atoms with van der Waals surface area (Å²) in [6, 6.07) is 5.35. The number of anilines is 1. The van der Waals surface area contributed by atoms with Crippen molar-refractivity contribution in [3.8, 4) is 28.4 Å². The molecule has 1 saturated heterocycles. The first-order valence-electron chi connectivity index (χ1n) is 10.7. The van der Waals surface area contributed by atoms with Gasteiger partial charge in [0.25, 0.3) is 0 Å². The molecule has 3 aromatic rings. The third-order valence-corrected chi connectivity index (χ3v) is 5.94. The Morgan fingerprint density at radius 1 is 1.25 bits per heavy atom. The van der Waals surface area contributed by atoms with E-state index in [4.69, 9.17) is 30.8 Å². The molecule has 1 aromatic carbocycles. The lowest BCUT2D eigenvalue weighted by molar-refractivity contribution is 0.108. The second kappa shape index (κ2) is 9.44. The summed E-state index contributed by atoms with van der Waals surface area (Å²) in [6.07, 6.45) is 0.525. The molecule has 0 aliphatic carbocycles. The second-order valence-electron chi connectivity index (χ2n) is 8.05. The number of aryl methyl sites for hydroxylation is 2. The van der Waals surface area contributed by atoms with Crippen molar-refractivity contribution in [2.75, 3.05) is 38.2 Å². The number of aliphatic hydroxyl groups excluding tert-OH is 1. The zero-order valence-electron chi connectivity index (χ0n) is 18.8. The number of nitrogens with zero attached hydrogens (tertiary/aromatic N) is 4. The largest absolute Gasteiger partial charge is 0.491 e. The van der Waals surface area contributed by atoms with Gasteiger partial charge in [-0.2, -0.15) is 0 Å². The fraction of sp³-hybridized carbons (Fsp3) is 0.435. The van der Waals surface area contributed by atoms with Crippen molar-refractivity contribution in [1.29, 1.82) is 0 Å². The molecule has 8 nitrogen and oxygen atoms in total. The molecule has 3 heterocycles. The summed E-state index contributed by atoms with van der Waals surface area (Å²) in [4.78, 5) is 12.0. The van der Waals surface area contributed by atoms with Crippen molar-refractivity contribution >= 4 is 17.4 Å². The molecule has 1 fully saturated rings. The van der Waals surface area contributed by atoms with E-state index in [1.54, 1.807) is 19.2 Å². The topological polar surface area (TPSA) is 96.5 Å². The van der Waals surface area contributed by atoms with Crippen LogP contribution in [0.15, 0.2) is 22.7 Å². The minimum absolute atomic E-state index is 0.167. The number of ether oxygens (including phenoxy) is 1. The summed E-state index contributed by atoms with van der Waals surface area (Å²) >= 11 is 6.56. The van der Waals surface area contributed by atoms with Crippen LogP contribution in [0, 0.1) is 20.8 Å². The van der Waals surface area contributed by atoms with E-state index in [-0.39, 0.29) is 6.61 Å². The lowest BCUT2D eigenvalue weighted by Gasteiger charge is -2.33. The molecule has 0 amide bonds. The number of benzene rings is 1. The average molecular weight is 458 g/mol. The fourth-order valence-corrected chi connectivity index (χ4v) is 3.98. The number of likely N-dealkylation sites (N-methyl/N-ethyl adjacent to an activating group) is 1. The Labute approximate surface area is 192 Å². The summed E-state index contributed by atoms with van der Waals surface area (Å²) < 4.78 is 11.2. The maximum atomic E-state index is 9.95. The van der Waals surface area contributed by atoms with E-state index in [0.29, 0.717) is 34.5 Å². The highest BCUT2D eigenvalue weighted by Gasteiger charge is 2.25. The zero-order valence-corrected chi connectivity index (χ0v) is 19.5. The van der Waals surface area contributed by atoms with Gasteiger partial charge in [-0.25, -0.2) is 9.97 Å². The van der Waals surface area contributed by atoms with Crippen LogP contribution >= 0.6 is 11.6 Å². The van der Waals surface area contributed by atoms with Gasteiger partial charge >= 0.3 is 0 Å². The standard InChI is InChI=1S/C23H28ClN5O3/c1-13-21(20-14(2)28-32-15(20)3)26-22(27-23(13)29-8-5-9-29)18-10-17(6-7-19(18)24)31-12-16(30)11-25-4/h6-7,10,16,25,30H,5,8-9,11-12H2,1-4H3. The molecular formula is C23H28ClN5O3. The maximum absolute atomic E-state index is 9.95. The molecule has 32 heavy (non-hydrogen) atoms. The Hall–Kier alpha value is -2.68. The van der Waals surface area contributed by atoms with Gasteiger partial charge in [-0.3, -0.25) is 0 Å². The van der Waals surface area contributed by atoms with Gasteiger partial charge in [0.05, 0.1) is 22.0 Å². The van der Waals surface area contributed by atoms with E-state index in [2.05, 4.69) is 15.4 Å². The van der Waals surface area contributed by atoms with Crippen molar-refractivity contribution < 1.29 is 14.4 Å². The van der Waals surface area contributed by atoms with Crippen molar-refractivity contribution in [3.63, 3.8) is 0 Å². The van der Waals surface area contributed by atoms with Crippen LogP contribution in [0.4, 0.5) is 5.82 Å². The first-order chi connectivity index (χ1) is 15.4. The zero-order chi connectivity index (χ0) is 22.8. The smallest absolute Gasteiger partial charge is 0.163 e. The van der Waals surface area contributed by atoms with E-state index >= 15 is 0 Å². The molecule has 2 N–H and O–H groups in total. The van der Waals surface area contributed by atoms with E-state index in [1.807, 2.05) is 26.8 Å². The van der Waals surface area contributed by atoms with Gasteiger partial charge in [-0.1, -0.05) is 16.8 Å². The first-order valence-corrected chi connectivity index (χ1v) is 11.1. The quantitative estimate of drug-likeness (QED) is 0.530. The van der Waals surface area contributed by atoms with Crippen molar-refractivity contribution in [2.24, 2.45) is 0 Å². The Kier molecular flexibility index (Phi) is 6.64. The Morgan fingerprint density at radius 2 is 2.03 bits per heavy atom. The predicted molar refractivity (Wildman–Crippen MR) is 124 cm³/mol. The SMILES string of the molecule is CNCC(O)COc1ccc(Cl)c(-c2nc(-c3c(C)noc3C)c(C)c(N3CCC3)n2)c1. The lowest BCUT2D eigenvalue weighted by atomic mass is 10.0. The molecule has 170 valence electrons. The number of nitrogens with one attached hydrogen (secondary N) is 1. The number of hydrogen-bond donors (Lipinski definition) is 2. The summed E-state index contributed by atoms with van der Waals surface area (Å²) in [5.41, 5.74) is 4.11. The van der Waals surface area contributed by atoms with E-state index < -0.39 is 6.10 Å². The molecular weight excluding hydrogens is 430 g/mol. The van der Waals surface area contributed by atoms with E-state index in [1.165, 1.54) is 0 Å². The van der Waals surface area contributed by atoms with Crippen molar-refractivity contribution in [2.45, 2.75) is 33.3 Å². The van der Waals surface area contributed by atoms with Crippen LogP contribution in [0.5, 0.6) is 5.75 Å². The van der Waals surface area contributed by atoms with Gasteiger partial charge < -0.3 is 24.6 Å². The van der Waals surface area contributed by atoms with Gasteiger partial charge in [0.1, 0.15) is 30.0 Å². The average Bonchev–Trinajstić information content (AvgIpc) is 3.06. The van der Waals surface area contributed by atoms with Crippen molar-refractivity contribution in [3.05, 3.63) is 40.2 Å². The molecule has 1 atom stereocenters. The summed E-state index contributed by atoms with van der Waals surface area (Å²) in [6.45, 7) is 8.35. The number of halogens is 1. The van der Waals surface area contributed by atoms with Gasteiger partial charge in [0.15, 0.2) is 5.82 Å². The van der Waals surface area contributed by atoms with Gasteiger partial charge in [-0.15, -0.1) is 0 Å². The van der Waals surface area contributed by atoms with Gasteiger partial charge in [0, 0.05) is 30.8 Å². The Balaban J connectivity index is 1.78. The highest BCUT2D eigenvalue weighted by molar-refractivity contribution is 6.33. The maximum Gasteiger partial charge on any atom is 0.163 e. The summed E-state index contributed by atoms with van der Waals surface area (Å²) in [5.74, 6) is 2.71. The summed E-state index contributed by atoms with van der Waals surface area (Å²) in [5, 5.41) is 17.5. The van der Waals surface area contributed by atoms with Crippen LogP contribution in [-0.2, 0) is 0 Å². The number of aromatic nitrogens is 3. The fourth-order valence-electron chi connectivity index (χ4n) is 3.78. The lowest BCUT2D eigenvalue weighted by Crippen LogP contribution is -2.38. The number of hydrogen-bond acceptors (Lipinski definition) is 8. The minimum Gasteiger partial charge on any atom is -0.491 e. The Bertz CT molecular complexity index is 1090. The minimum atomic E-state index is -0.612. The van der Waals surface area contributed by atoms with Crippen LogP contribution in [-0.4, -0.2) is 59.6 Å². The molecule has 0 spiro atoms. The van der Waals surface area contributed by atoms with Gasteiger partial charge in [-0.05, 0) is 52.4 Å². The van der Waals surface area contributed by atoms with Crippen LogP contribution in [0.1, 0.15) is 23.4 Å². The monoisotopic (exact) mass is 457 g/mol. The number of rotatable bonds is 8. The highest BCUT2D eigenvalue weighted by atomic mass is 35.5. The van der Waals surface area contributed by atoms with E-state index in [0.717, 1.165) is 47.8 Å². The summed E-state index contributed by atoms with van der Waals surface area (Å²) in [7, 11) is 1.78. The van der Waals surface area contributed by atoms with E-state index in [9.17, 15) is 5.11 Å². The molecule has 2 aromatic heterocycles. The molecule has 0 saturated carbocycles. The van der Waals surface area contributed by atoms with Crippen molar-refractivity contribution in [1.82, 2.24) is 20.4 Å². The normalized spacial score (nSPS) is 14.4. The van der Waals surface area contributed by atoms with Gasteiger partial charge in [0.2, 0.25) is 0 Å². The Morgan fingerprint density at radius 3 is 2.66 bits per heavy atom. The second-order valence-corrected chi connectivity index (χ2v) is 8.46. The highest BCUT2D eigenvalue weighted by Crippen LogP contribution is 2.37. The van der Waals surface area contributed by atoms with Crippen LogP contribution in [0.25, 0.3) is 22.6 Å². The molecule has 9 heteroatoms. The molecule has 0 radical (unpaired) electrons. The third kappa shape index (κ3) is 4.44.